The predicted molar refractivity (Wildman–Crippen MR) is 117 cm³/mol. The Bertz CT molecular complexity index is 1100. The van der Waals surface area contributed by atoms with E-state index in [4.69, 9.17) is 6.42 Å². The van der Waals surface area contributed by atoms with E-state index in [-0.39, 0.29) is 11.6 Å². The summed E-state index contributed by atoms with van der Waals surface area (Å²) in [7, 11) is 0. The number of alkyl halides is 3. The summed E-state index contributed by atoms with van der Waals surface area (Å²) < 4.78 is 65.8. The second kappa shape index (κ2) is 9.79. The fourth-order valence-electron chi connectivity index (χ4n) is 3.38. The molecule has 0 heterocycles. The van der Waals surface area contributed by atoms with E-state index in [1.165, 1.54) is 42.1 Å². The Labute approximate surface area is 188 Å². The zero-order valence-electron chi connectivity index (χ0n) is 17.3. The topological polar surface area (TPSA) is 0 Å². The molecule has 0 bridgehead atoms. The summed E-state index contributed by atoms with van der Waals surface area (Å²) in [6, 6.07) is 15.6. The molecule has 6 heteroatoms. The van der Waals surface area contributed by atoms with Gasteiger partial charge in [0.25, 0.3) is 0 Å². The minimum atomic E-state index is -4.39. The number of rotatable bonds is 7. The Kier molecular flexibility index (Phi) is 7.30. The summed E-state index contributed by atoms with van der Waals surface area (Å²) in [5.41, 5.74) is 0.149. The lowest BCUT2D eigenvalue weighted by atomic mass is 9.78. The third kappa shape index (κ3) is 5.92. The predicted octanol–water partition coefficient (Wildman–Crippen LogP) is 8.05. The van der Waals surface area contributed by atoms with E-state index in [0.717, 1.165) is 22.6 Å². The van der Waals surface area contributed by atoms with Gasteiger partial charge in [-0.15, -0.1) is 6.42 Å². The highest BCUT2D eigenvalue weighted by molar-refractivity contribution is 7.99. The van der Waals surface area contributed by atoms with Gasteiger partial charge in [0.05, 0.1) is 11.0 Å². The van der Waals surface area contributed by atoms with Gasteiger partial charge in [0, 0.05) is 9.79 Å². The van der Waals surface area contributed by atoms with E-state index in [2.05, 4.69) is 5.92 Å². The minimum Gasteiger partial charge on any atom is -0.207 e. The molecule has 0 aliphatic heterocycles. The second-order valence-corrected chi connectivity index (χ2v) is 8.84. The highest BCUT2D eigenvalue weighted by Gasteiger charge is 2.31. The molecule has 3 aromatic carbocycles. The van der Waals surface area contributed by atoms with Crippen LogP contribution in [-0.4, -0.2) is 0 Å². The number of benzene rings is 3. The molecule has 1 unspecified atom stereocenters. The molecule has 0 aliphatic rings. The fraction of sp³-hybridized carbons (Fsp3) is 0.231. The second-order valence-electron chi connectivity index (χ2n) is 7.73. The number of terminal acetylenes is 1. The van der Waals surface area contributed by atoms with Gasteiger partial charge in [-0.2, -0.15) is 13.2 Å². The molecule has 0 saturated carbocycles. The Morgan fingerprint density at radius 2 is 1.50 bits per heavy atom. The molecule has 1 atom stereocenters. The van der Waals surface area contributed by atoms with Crippen molar-refractivity contribution >= 4 is 11.8 Å². The maximum atomic E-state index is 14.2. The van der Waals surface area contributed by atoms with Crippen molar-refractivity contribution in [1.82, 2.24) is 0 Å². The Morgan fingerprint density at radius 1 is 0.875 bits per heavy atom. The summed E-state index contributed by atoms with van der Waals surface area (Å²) in [6.07, 6.45) is 3.21. The van der Waals surface area contributed by atoms with Gasteiger partial charge in [0.2, 0.25) is 0 Å². The van der Waals surface area contributed by atoms with Crippen LogP contribution in [0.5, 0.6) is 0 Å². The van der Waals surface area contributed by atoms with Crippen LogP contribution in [0.4, 0.5) is 22.0 Å². The molecule has 0 nitrogen and oxygen atoms in total. The summed E-state index contributed by atoms with van der Waals surface area (Å²) in [5.74, 6) is 2.01. The first kappa shape index (κ1) is 23.9. The quantitative estimate of drug-likeness (QED) is 0.254. The van der Waals surface area contributed by atoms with Crippen molar-refractivity contribution in [2.75, 3.05) is 0 Å². The van der Waals surface area contributed by atoms with Gasteiger partial charge in [0.15, 0.2) is 0 Å². The van der Waals surface area contributed by atoms with Gasteiger partial charge in [0.1, 0.15) is 11.6 Å². The molecule has 3 aromatic rings. The Morgan fingerprint density at radius 3 is 2.09 bits per heavy atom. The average Bonchev–Trinajstić information content (AvgIpc) is 2.77. The van der Waals surface area contributed by atoms with Crippen LogP contribution in [0, 0.1) is 24.0 Å². The standard InChI is InChI=1S/C26H21F5S/c1-3-25(2,19-7-9-20(10-8-19)26(29,30)31)16-4-5-18-6-15-23(28)24(17-18)32-22-13-11-21(27)12-14-22/h1,6-15,17H,4-5,16H2,2H3. The smallest absolute Gasteiger partial charge is 0.207 e. The highest BCUT2D eigenvalue weighted by Crippen LogP contribution is 2.34. The maximum Gasteiger partial charge on any atom is 0.416 e. The van der Waals surface area contributed by atoms with Crippen LogP contribution in [0.25, 0.3) is 0 Å². The van der Waals surface area contributed by atoms with Crippen LogP contribution in [0.3, 0.4) is 0 Å². The zero-order valence-corrected chi connectivity index (χ0v) is 18.2. The summed E-state index contributed by atoms with van der Waals surface area (Å²) in [4.78, 5) is 1.17. The van der Waals surface area contributed by atoms with Crippen LogP contribution in [0.2, 0.25) is 0 Å². The third-order valence-corrected chi connectivity index (χ3v) is 6.39. The van der Waals surface area contributed by atoms with Crippen molar-refractivity contribution in [3.8, 4) is 12.3 Å². The van der Waals surface area contributed by atoms with Crippen molar-refractivity contribution in [1.29, 1.82) is 0 Å². The molecule has 0 N–H and O–H groups in total. The zero-order chi connectivity index (χ0) is 23.4. The summed E-state index contributed by atoms with van der Waals surface area (Å²) >= 11 is 1.21. The number of aryl methyl sites for hydroxylation is 1. The van der Waals surface area contributed by atoms with Gasteiger partial charge in [-0.25, -0.2) is 8.78 Å². The minimum absolute atomic E-state index is 0.354. The van der Waals surface area contributed by atoms with Crippen LogP contribution in [0.15, 0.2) is 76.5 Å². The first-order valence-electron chi connectivity index (χ1n) is 9.98. The van der Waals surface area contributed by atoms with E-state index in [9.17, 15) is 22.0 Å². The molecule has 0 fully saturated rings. The van der Waals surface area contributed by atoms with Crippen LogP contribution in [0.1, 0.15) is 36.5 Å². The molecule has 166 valence electrons. The van der Waals surface area contributed by atoms with Crippen molar-refractivity contribution < 1.29 is 22.0 Å². The van der Waals surface area contributed by atoms with Crippen LogP contribution in [-0.2, 0) is 18.0 Å². The third-order valence-electron chi connectivity index (χ3n) is 5.35. The first-order valence-corrected chi connectivity index (χ1v) is 10.8. The molecule has 0 aliphatic carbocycles. The molecule has 0 saturated heterocycles. The molecule has 0 spiro atoms. The van der Waals surface area contributed by atoms with Crippen molar-refractivity contribution in [2.24, 2.45) is 0 Å². The molecule has 0 aromatic heterocycles. The summed E-state index contributed by atoms with van der Waals surface area (Å²) in [6.45, 7) is 1.83. The van der Waals surface area contributed by atoms with Gasteiger partial charge in [-0.3, -0.25) is 0 Å². The van der Waals surface area contributed by atoms with Gasteiger partial charge in [-0.05, 0) is 85.8 Å². The lowest BCUT2D eigenvalue weighted by molar-refractivity contribution is -0.137. The normalized spacial score (nSPS) is 13.4. The highest BCUT2D eigenvalue weighted by atomic mass is 32.2. The molecule has 0 radical (unpaired) electrons. The molecule has 32 heavy (non-hydrogen) atoms. The Hall–Kier alpha value is -2.78. The molecular weight excluding hydrogens is 439 g/mol. The van der Waals surface area contributed by atoms with E-state index < -0.39 is 17.2 Å². The van der Waals surface area contributed by atoms with Crippen LogP contribution < -0.4 is 0 Å². The monoisotopic (exact) mass is 460 g/mol. The average molecular weight is 461 g/mol. The lowest BCUT2D eigenvalue weighted by Crippen LogP contribution is -2.20. The van der Waals surface area contributed by atoms with E-state index in [1.54, 1.807) is 24.3 Å². The first-order chi connectivity index (χ1) is 15.1. The fourth-order valence-corrected chi connectivity index (χ4v) is 4.29. The lowest BCUT2D eigenvalue weighted by Gasteiger charge is -2.25. The molecular formula is C26H21F5S. The van der Waals surface area contributed by atoms with Gasteiger partial charge >= 0.3 is 6.18 Å². The number of hydrogen-bond acceptors (Lipinski definition) is 1. The maximum absolute atomic E-state index is 14.2. The van der Waals surface area contributed by atoms with E-state index in [0.29, 0.717) is 29.7 Å². The SMILES string of the molecule is C#CC(C)(CCCc1ccc(F)c(Sc2ccc(F)cc2)c1)c1ccc(C(F)(F)F)cc1. The van der Waals surface area contributed by atoms with Gasteiger partial charge < -0.3 is 0 Å². The molecule has 0 amide bonds. The molecule has 3 rings (SSSR count). The van der Waals surface area contributed by atoms with Gasteiger partial charge in [-0.1, -0.05) is 35.9 Å². The van der Waals surface area contributed by atoms with Crippen molar-refractivity contribution in [2.45, 2.75) is 47.6 Å². The summed E-state index contributed by atoms with van der Waals surface area (Å²) in [5, 5.41) is 0. The largest absolute Gasteiger partial charge is 0.416 e. The van der Waals surface area contributed by atoms with Crippen LogP contribution >= 0.6 is 11.8 Å². The van der Waals surface area contributed by atoms with E-state index >= 15 is 0 Å². The Balaban J connectivity index is 1.67. The van der Waals surface area contributed by atoms with Crippen molar-refractivity contribution in [3.05, 3.63) is 95.1 Å². The number of halogens is 5. The number of hydrogen-bond donors (Lipinski definition) is 0. The van der Waals surface area contributed by atoms with E-state index in [1.807, 2.05) is 6.92 Å². The van der Waals surface area contributed by atoms with Crippen molar-refractivity contribution in [3.63, 3.8) is 0 Å².